The Labute approximate surface area is 277 Å². The van der Waals surface area contributed by atoms with Crippen LogP contribution in [0.25, 0.3) is 27.1 Å². The van der Waals surface area contributed by atoms with Gasteiger partial charge >= 0.3 is 0 Å². The first-order valence-corrected chi connectivity index (χ1v) is 16.0. The second-order valence-corrected chi connectivity index (χ2v) is 11.5. The van der Waals surface area contributed by atoms with Crippen molar-refractivity contribution in [2.75, 3.05) is 9.80 Å². The highest BCUT2D eigenvalue weighted by molar-refractivity contribution is 5.99. The number of para-hydroxylation sites is 2. The first-order chi connectivity index (χ1) is 23.2. The molecule has 0 bridgehead atoms. The fourth-order valence-corrected chi connectivity index (χ4v) is 6.27. The first kappa shape index (κ1) is 29.6. The molecule has 0 aliphatic carbocycles. The van der Waals surface area contributed by atoms with Crippen molar-refractivity contribution in [1.82, 2.24) is 0 Å². The molecule has 0 spiro atoms. The molecular weight excluding hydrogens is 569 g/mol. The van der Waals surface area contributed by atoms with E-state index in [-0.39, 0.29) is 0 Å². The van der Waals surface area contributed by atoms with Gasteiger partial charge in [-0.05, 0) is 83.4 Å². The van der Waals surface area contributed by atoms with Crippen LogP contribution >= 0.6 is 0 Å². The van der Waals surface area contributed by atoms with E-state index in [4.69, 9.17) is 0 Å². The second kappa shape index (κ2) is 13.5. The van der Waals surface area contributed by atoms with Crippen LogP contribution in [-0.4, -0.2) is 0 Å². The SMILES string of the molecule is C=C(/C=C\C(=C/C)c1ccc(N(c2ccccc2)c2cccc3ccccc23)cc1)N(c1ccccc1)c1cccc2ccccc12. The summed E-state index contributed by atoms with van der Waals surface area (Å²) in [5.74, 6) is 0. The zero-order valence-corrected chi connectivity index (χ0v) is 26.5. The van der Waals surface area contributed by atoms with Gasteiger partial charge in [0.1, 0.15) is 0 Å². The molecule has 0 N–H and O–H groups in total. The van der Waals surface area contributed by atoms with Gasteiger partial charge in [-0.2, -0.15) is 0 Å². The molecule has 0 radical (unpaired) electrons. The third-order valence-corrected chi connectivity index (χ3v) is 8.56. The number of anilines is 5. The molecule has 0 atom stereocenters. The highest BCUT2D eigenvalue weighted by Crippen LogP contribution is 2.39. The van der Waals surface area contributed by atoms with Crippen molar-refractivity contribution < 1.29 is 0 Å². The molecule has 7 rings (SSSR count). The van der Waals surface area contributed by atoms with E-state index in [2.05, 4.69) is 205 Å². The molecule has 0 aliphatic heterocycles. The number of hydrogen-bond acceptors (Lipinski definition) is 2. The van der Waals surface area contributed by atoms with Gasteiger partial charge in [-0.15, -0.1) is 0 Å². The van der Waals surface area contributed by atoms with Gasteiger partial charge in [-0.1, -0.05) is 140 Å². The van der Waals surface area contributed by atoms with E-state index in [1.54, 1.807) is 0 Å². The summed E-state index contributed by atoms with van der Waals surface area (Å²) in [4.78, 5) is 4.57. The van der Waals surface area contributed by atoms with E-state index in [9.17, 15) is 0 Å². The summed E-state index contributed by atoms with van der Waals surface area (Å²) in [5, 5.41) is 4.82. The Morgan fingerprint density at radius 3 is 1.57 bits per heavy atom. The van der Waals surface area contributed by atoms with Gasteiger partial charge in [-0.3, -0.25) is 0 Å². The molecule has 0 saturated carbocycles. The summed E-state index contributed by atoms with van der Waals surface area (Å²) >= 11 is 0. The molecule has 7 aromatic carbocycles. The number of hydrogen-bond donors (Lipinski definition) is 0. The minimum Gasteiger partial charge on any atom is -0.310 e. The third-order valence-electron chi connectivity index (χ3n) is 8.56. The highest BCUT2D eigenvalue weighted by Gasteiger charge is 2.16. The predicted molar refractivity (Wildman–Crippen MR) is 203 cm³/mol. The van der Waals surface area contributed by atoms with Crippen LogP contribution in [0.2, 0.25) is 0 Å². The monoisotopic (exact) mass is 604 g/mol. The summed E-state index contributed by atoms with van der Waals surface area (Å²) < 4.78 is 0. The Kier molecular flexibility index (Phi) is 8.48. The average Bonchev–Trinajstić information content (AvgIpc) is 3.14. The fraction of sp³-hybridized carbons (Fsp3) is 0.0222. The first-order valence-electron chi connectivity index (χ1n) is 16.0. The van der Waals surface area contributed by atoms with Crippen molar-refractivity contribution in [3.63, 3.8) is 0 Å². The van der Waals surface area contributed by atoms with Crippen molar-refractivity contribution in [1.29, 1.82) is 0 Å². The molecule has 2 nitrogen and oxygen atoms in total. The van der Waals surface area contributed by atoms with Gasteiger partial charge in [0.2, 0.25) is 0 Å². The smallest absolute Gasteiger partial charge is 0.0540 e. The van der Waals surface area contributed by atoms with Crippen molar-refractivity contribution in [2.45, 2.75) is 6.92 Å². The van der Waals surface area contributed by atoms with E-state index < -0.39 is 0 Å². The number of rotatable bonds is 9. The van der Waals surface area contributed by atoms with Gasteiger partial charge in [0.05, 0.1) is 11.4 Å². The number of benzene rings is 7. The molecule has 0 heterocycles. The maximum absolute atomic E-state index is 4.55. The molecule has 226 valence electrons. The van der Waals surface area contributed by atoms with Crippen molar-refractivity contribution in [3.05, 3.63) is 206 Å². The molecule has 0 saturated heterocycles. The molecule has 2 heteroatoms. The van der Waals surface area contributed by atoms with Crippen LogP contribution in [-0.2, 0) is 0 Å². The van der Waals surface area contributed by atoms with Crippen molar-refractivity contribution >= 4 is 55.6 Å². The number of nitrogens with zero attached hydrogens (tertiary/aromatic N) is 2. The summed E-state index contributed by atoms with van der Waals surface area (Å²) in [6.45, 7) is 6.63. The standard InChI is InChI=1S/C45H36N2/c1-3-35(29-28-34(2)46(39-20-6-4-7-21-39)44-26-14-18-37-16-10-12-24-42(37)44)36-30-32-41(33-31-36)47(40-22-8-5-9-23-40)45-27-15-19-38-17-11-13-25-43(38)45/h3-33H,2H2,1H3/b29-28-,35-3+. The molecule has 0 aliphatic rings. The van der Waals surface area contributed by atoms with Crippen LogP contribution < -0.4 is 9.80 Å². The van der Waals surface area contributed by atoms with Gasteiger partial charge in [0.25, 0.3) is 0 Å². The van der Waals surface area contributed by atoms with Crippen LogP contribution in [0.5, 0.6) is 0 Å². The molecule has 0 fully saturated rings. The van der Waals surface area contributed by atoms with Crippen LogP contribution in [0.1, 0.15) is 12.5 Å². The summed E-state index contributed by atoms with van der Waals surface area (Å²) in [6, 6.07) is 59.8. The Morgan fingerprint density at radius 1 is 0.468 bits per heavy atom. The Balaban J connectivity index is 1.22. The quantitative estimate of drug-likeness (QED) is 0.151. The predicted octanol–water partition coefficient (Wildman–Crippen LogP) is 12.8. The maximum atomic E-state index is 4.55. The van der Waals surface area contributed by atoms with Crippen LogP contribution in [0.15, 0.2) is 200 Å². The lowest BCUT2D eigenvalue weighted by Crippen LogP contribution is -2.14. The van der Waals surface area contributed by atoms with Crippen molar-refractivity contribution in [3.8, 4) is 0 Å². The van der Waals surface area contributed by atoms with Gasteiger partial charge in [-0.25, -0.2) is 0 Å². The minimum atomic E-state index is 0.884. The van der Waals surface area contributed by atoms with E-state index in [1.165, 1.54) is 21.5 Å². The normalized spacial score (nSPS) is 11.6. The average molecular weight is 605 g/mol. The lowest BCUT2D eigenvalue weighted by atomic mass is 10.0. The molecule has 47 heavy (non-hydrogen) atoms. The summed E-state index contributed by atoms with van der Waals surface area (Å²) in [6.07, 6.45) is 6.44. The maximum Gasteiger partial charge on any atom is 0.0540 e. The minimum absolute atomic E-state index is 0.884. The number of fused-ring (bicyclic) bond motifs is 2. The van der Waals surface area contributed by atoms with E-state index >= 15 is 0 Å². The molecule has 7 aromatic rings. The Hall–Kier alpha value is -6.12. The van der Waals surface area contributed by atoms with Gasteiger partial charge < -0.3 is 9.80 Å². The molecule has 0 amide bonds. The van der Waals surface area contributed by atoms with E-state index in [1.807, 2.05) is 6.07 Å². The topological polar surface area (TPSA) is 6.48 Å². The van der Waals surface area contributed by atoms with Gasteiger partial charge in [0, 0.05) is 33.5 Å². The Morgan fingerprint density at radius 2 is 0.957 bits per heavy atom. The van der Waals surface area contributed by atoms with Gasteiger partial charge in [0.15, 0.2) is 0 Å². The van der Waals surface area contributed by atoms with E-state index in [0.717, 1.165) is 45.3 Å². The molecule has 0 aromatic heterocycles. The molecule has 0 unspecified atom stereocenters. The fourth-order valence-electron chi connectivity index (χ4n) is 6.27. The number of allylic oxidation sites excluding steroid dienone is 4. The van der Waals surface area contributed by atoms with Crippen LogP contribution in [0.3, 0.4) is 0 Å². The third kappa shape index (κ3) is 6.10. The zero-order chi connectivity index (χ0) is 32.0. The lowest BCUT2D eigenvalue weighted by Gasteiger charge is -2.27. The summed E-state index contributed by atoms with van der Waals surface area (Å²) in [5.41, 5.74) is 8.69. The summed E-state index contributed by atoms with van der Waals surface area (Å²) in [7, 11) is 0. The zero-order valence-electron chi connectivity index (χ0n) is 26.5. The van der Waals surface area contributed by atoms with E-state index in [0.29, 0.717) is 0 Å². The second-order valence-electron chi connectivity index (χ2n) is 11.5. The Bertz CT molecular complexity index is 2200. The van der Waals surface area contributed by atoms with Crippen molar-refractivity contribution in [2.24, 2.45) is 0 Å². The van der Waals surface area contributed by atoms with Crippen LogP contribution in [0.4, 0.5) is 28.4 Å². The van der Waals surface area contributed by atoms with Crippen LogP contribution in [0, 0.1) is 0 Å². The lowest BCUT2D eigenvalue weighted by molar-refractivity contribution is 1.23. The molecular formula is C45H36N2. The highest BCUT2D eigenvalue weighted by atomic mass is 15.1. The largest absolute Gasteiger partial charge is 0.310 e.